The summed E-state index contributed by atoms with van der Waals surface area (Å²) >= 11 is 3.03. The van der Waals surface area contributed by atoms with E-state index in [1.165, 1.54) is 6.07 Å². The predicted molar refractivity (Wildman–Crippen MR) is 68.9 cm³/mol. The molecule has 0 spiro atoms. The van der Waals surface area contributed by atoms with Crippen LogP contribution in [0.25, 0.3) is 0 Å². The van der Waals surface area contributed by atoms with Crippen molar-refractivity contribution in [3.8, 4) is 0 Å². The Morgan fingerprint density at radius 3 is 2.24 bits per heavy atom. The summed E-state index contributed by atoms with van der Waals surface area (Å²) in [6.45, 7) is 0. The van der Waals surface area contributed by atoms with Crippen LogP contribution in [0.3, 0.4) is 0 Å². The van der Waals surface area contributed by atoms with E-state index in [0.717, 1.165) is 18.2 Å². The molecule has 7 heteroatoms. The summed E-state index contributed by atoms with van der Waals surface area (Å²) < 4.78 is 64.1. The van der Waals surface area contributed by atoms with Crippen LogP contribution >= 0.6 is 15.9 Å². The summed E-state index contributed by atoms with van der Waals surface area (Å²) in [5.41, 5.74) is -1.86. The van der Waals surface area contributed by atoms with Crippen LogP contribution in [0.15, 0.2) is 40.9 Å². The van der Waals surface area contributed by atoms with E-state index in [9.17, 15) is 26.7 Å². The van der Waals surface area contributed by atoms with Gasteiger partial charge < -0.3 is 0 Å². The zero-order chi connectivity index (χ0) is 15.8. The Hall–Kier alpha value is -1.76. The van der Waals surface area contributed by atoms with Crippen LogP contribution in [0.2, 0.25) is 0 Å². The average Bonchev–Trinajstić information content (AvgIpc) is 2.39. The normalized spacial score (nSPS) is 11.5. The van der Waals surface area contributed by atoms with Gasteiger partial charge in [0.25, 0.3) is 0 Å². The summed E-state index contributed by atoms with van der Waals surface area (Å²) in [5, 5.41) is 0. The minimum Gasteiger partial charge on any atom is -0.289 e. The minimum atomic E-state index is -4.84. The van der Waals surface area contributed by atoms with Gasteiger partial charge >= 0.3 is 6.18 Å². The smallest absolute Gasteiger partial charge is 0.289 e. The first-order valence-corrected chi connectivity index (χ1v) is 6.36. The van der Waals surface area contributed by atoms with Crippen LogP contribution in [0.5, 0.6) is 0 Å². The Labute approximate surface area is 124 Å². The van der Waals surface area contributed by atoms with Crippen molar-refractivity contribution in [1.82, 2.24) is 0 Å². The summed E-state index contributed by atoms with van der Waals surface area (Å²) in [6, 6.07) is 5.13. The number of halogens is 6. The Morgan fingerprint density at radius 1 is 1.00 bits per heavy atom. The molecule has 0 fully saturated rings. The molecule has 2 rings (SSSR count). The Bertz CT molecular complexity index is 709. The highest BCUT2D eigenvalue weighted by atomic mass is 79.9. The number of alkyl halides is 3. The molecule has 0 aliphatic carbocycles. The van der Waals surface area contributed by atoms with Crippen molar-refractivity contribution in [2.75, 3.05) is 0 Å². The molecule has 0 atom stereocenters. The highest BCUT2D eigenvalue weighted by Crippen LogP contribution is 2.32. The first-order valence-electron chi connectivity index (χ1n) is 5.56. The van der Waals surface area contributed by atoms with Crippen LogP contribution in [-0.2, 0) is 6.18 Å². The van der Waals surface area contributed by atoms with Gasteiger partial charge in [-0.25, -0.2) is 8.78 Å². The molecule has 0 N–H and O–H groups in total. The summed E-state index contributed by atoms with van der Waals surface area (Å²) in [5.74, 6) is -3.02. The Kier molecular flexibility index (Phi) is 4.13. The molecule has 110 valence electrons. The second-order valence-electron chi connectivity index (χ2n) is 4.15. The van der Waals surface area contributed by atoms with Gasteiger partial charge in [0, 0.05) is 15.6 Å². The fourth-order valence-electron chi connectivity index (χ4n) is 1.71. The number of hydrogen-bond donors (Lipinski definition) is 0. The standard InChI is InChI=1S/C14H6BrF5O/c15-11-4-2-8(16)6-9(11)13(21)7-1-3-10(12(17)5-7)14(18,19)20/h1-6H. The van der Waals surface area contributed by atoms with Gasteiger partial charge in [-0.3, -0.25) is 4.79 Å². The maximum absolute atomic E-state index is 13.4. The maximum Gasteiger partial charge on any atom is 0.419 e. The zero-order valence-electron chi connectivity index (χ0n) is 10.1. The maximum atomic E-state index is 13.4. The molecule has 0 saturated heterocycles. The van der Waals surface area contributed by atoms with Crippen molar-refractivity contribution in [3.05, 3.63) is 69.2 Å². The Balaban J connectivity index is 2.45. The topological polar surface area (TPSA) is 17.1 Å². The lowest BCUT2D eigenvalue weighted by Gasteiger charge is -2.09. The van der Waals surface area contributed by atoms with Crippen LogP contribution in [0.1, 0.15) is 21.5 Å². The van der Waals surface area contributed by atoms with Gasteiger partial charge in [-0.05, 0) is 30.3 Å². The third-order valence-electron chi connectivity index (χ3n) is 2.71. The van der Waals surface area contributed by atoms with Gasteiger partial charge in [-0.15, -0.1) is 0 Å². The summed E-state index contributed by atoms with van der Waals surface area (Å²) in [7, 11) is 0. The quantitative estimate of drug-likeness (QED) is 0.542. The summed E-state index contributed by atoms with van der Waals surface area (Å²) in [4.78, 5) is 12.1. The molecule has 0 radical (unpaired) electrons. The van der Waals surface area contributed by atoms with Gasteiger partial charge in [0.1, 0.15) is 11.6 Å². The largest absolute Gasteiger partial charge is 0.419 e. The molecule has 0 amide bonds. The van der Waals surface area contributed by atoms with E-state index < -0.39 is 29.2 Å². The van der Waals surface area contributed by atoms with E-state index in [-0.39, 0.29) is 15.6 Å². The number of ketones is 1. The van der Waals surface area contributed by atoms with Gasteiger partial charge in [0.15, 0.2) is 5.78 Å². The zero-order valence-corrected chi connectivity index (χ0v) is 11.7. The molecule has 0 aliphatic rings. The Morgan fingerprint density at radius 2 is 1.67 bits per heavy atom. The van der Waals surface area contributed by atoms with E-state index in [2.05, 4.69) is 15.9 Å². The van der Waals surface area contributed by atoms with Crippen molar-refractivity contribution in [2.45, 2.75) is 6.18 Å². The van der Waals surface area contributed by atoms with Crippen molar-refractivity contribution in [3.63, 3.8) is 0 Å². The highest BCUT2D eigenvalue weighted by molar-refractivity contribution is 9.10. The lowest BCUT2D eigenvalue weighted by atomic mass is 10.0. The fraction of sp³-hybridized carbons (Fsp3) is 0.0714. The molecule has 0 aliphatic heterocycles. The molecule has 2 aromatic rings. The molecule has 2 aromatic carbocycles. The molecule has 0 saturated carbocycles. The van der Waals surface area contributed by atoms with E-state index in [1.54, 1.807) is 0 Å². The van der Waals surface area contributed by atoms with Gasteiger partial charge in [0.2, 0.25) is 0 Å². The molecular weight excluding hydrogens is 359 g/mol. The molecule has 1 nitrogen and oxygen atoms in total. The number of carbonyl (C=O) groups is 1. The average molecular weight is 365 g/mol. The summed E-state index contributed by atoms with van der Waals surface area (Å²) in [6.07, 6.45) is -4.84. The van der Waals surface area contributed by atoms with Crippen molar-refractivity contribution in [2.24, 2.45) is 0 Å². The van der Waals surface area contributed by atoms with Crippen LogP contribution in [0, 0.1) is 11.6 Å². The molecule has 0 heterocycles. The lowest BCUT2D eigenvalue weighted by molar-refractivity contribution is -0.140. The van der Waals surface area contributed by atoms with E-state index in [1.807, 2.05) is 0 Å². The molecular formula is C14H6BrF5O. The van der Waals surface area contributed by atoms with E-state index in [0.29, 0.717) is 12.1 Å². The molecule has 0 aromatic heterocycles. The first kappa shape index (κ1) is 15.6. The van der Waals surface area contributed by atoms with Gasteiger partial charge in [-0.2, -0.15) is 13.2 Å². The second kappa shape index (κ2) is 5.55. The van der Waals surface area contributed by atoms with Crippen LogP contribution in [0.4, 0.5) is 22.0 Å². The molecule has 0 unspecified atom stereocenters. The highest BCUT2D eigenvalue weighted by Gasteiger charge is 2.34. The number of hydrogen-bond acceptors (Lipinski definition) is 1. The third kappa shape index (κ3) is 3.29. The molecule has 0 bridgehead atoms. The number of benzene rings is 2. The minimum absolute atomic E-state index is 0.103. The lowest BCUT2D eigenvalue weighted by Crippen LogP contribution is -2.10. The van der Waals surface area contributed by atoms with E-state index in [4.69, 9.17) is 0 Å². The van der Waals surface area contributed by atoms with Crippen molar-refractivity contribution in [1.29, 1.82) is 0 Å². The first-order chi connectivity index (χ1) is 9.70. The molecule has 21 heavy (non-hydrogen) atoms. The number of rotatable bonds is 2. The van der Waals surface area contributed by atoms with E-state index >= 15 is 0 Å². The van der Waals surface area contributed by atoms with Crippen LogP contribution < -0.4 is 0 Å². The van der Waals surface area contributed by atoms with Crippen LogP contribution in [-0.4, -0.2) is 5.78 Å². The predicted octanol–water partition coefficient (Wildman–Crippen LogP) is 4.98. The van der Waals surface area contributed by atoms with Crippen molar-refractivity contribution >= 4 is 21.7 Å². The monoisotopic (exact) mass is 364 g/mol. The number of carbonyl (C=O) groups excluding carboxylic acids is 1. The van der Waals surface area contributed by atoms with Gasteiger partial charge in [-0.1, -0.05) is 22.0 Å². The SMILES string of the molecule is O=C(c1ccc(C(F)(F)F)c(F)c1)c1cc(F)ccc1Br. The van der Waals surface area contributed by atoms with Crippen molar-refractivity contribution < 1.29 is 26.7 Å². The fourth-order valence-corrected chi connectivity index (χ4v) is 2.14. The van der Waals surface area contributed by atoms with Gasteiger partial charge in [0.05, 0.1) is 5.56 Å². The third-order valence-corrected chi connectivity index (χ3v) is 3.40. The second-order valence-corrected chi connectivity index (χ2v) is 5.00.